The Kier molecular flexibility index (Phi) is 10.2. The largest absolute Gasteiger partial charge is 0.467 e. The van der Waals surface area contributed by atoms with Gasteiger partial charge >= 0.3 is 11.9 Å². The van der Waals surface area contributed by atoms with Gasteiger partial charge in [-0.2, -0.15) is 0 Å². The first-order chi connectivity index (χ1) is 18.7. The van der Waals surface area contributed by atoms with Gasteiger partial charge in [0.1, 0.15) is 5.82 Å². The van der Waals surface area contributed by atoms with Crippen LogP contribution >= 0.6 is 11.6 Å². The number of methoxy groups -OCH3 is 1. The Morgan fingerprint density at radius 3 is 2.31 bits per heavy atom. The Morgan fingerprint density at radius 1 is 1.05 bits per heavy atom. The normalized spacial score (nSPS) is 12.9. The van der Waals surface area contributed by atoms with E-state index in [1.165, 1.54) is 12.1 Å². The van der Waals surface area contributed by atoms with E-state index in [1.54, 1.807) is 55.5 Å². The highest BCUT2D eigenvalue weighted by atomic mass is 35.5. The number of halogens is 2. The summed E-state index contributed by atoms with van der Waals surface area (Å²) in [5.74, 6) is -3.05. The molecule has 2 N–H and O–H groups in total. The zero-order valence-corrected chi connectivity index (χ0v) is 22.2. The standard InChI is InChI=1S/C29H28ClFN2O6/c1-4-25(34)32-21-12-14-22(15-13-21)33-26(27(35)38-5-2)29(28(36)37-3,20-11-16-23(30)24(31)17-20)39-18-19-9-7-6-8-10-19/h4,6-17,26,33H,1,5,18H2,2-3H3,(H,32,34). The molecule has 0 heterocycles. The van der Waals surface area contributed by atoms with Crippen LogP contribution in [0, 0.1) is 5.82 Å². The quantitative estimate of drug-likeness (QED) is 0.233. The highest BCUT2D eigenvalue weighted by Crippen LogP contribution is 2.37. The van der Waals surface area contributed by atoms with Gasteiger partial charge in [-0.05, 0) is 55.0 Å². The van der Waals surface area contributed by atoms with Gasteiger partial charge in [-0.3, -0.25) is 4.79 Å². The molecule has 3 aromatic rings. The molecule has 3 rings (SSSR count). The maximum absolute atomic E-state index is 14.7. The molecule has 1 amide bonds. The second-order valence-electron chi connectivity index (χ2n) is 8.23. The number of benzene rings is 3. The Bertz CT molecular complexity index is 1320. The van der Waals surface area contributed by atoms with Crippen LogP contribution in [0.2, 0.25) is 5.02 Å². The van der Waals surface area contributed by atoms with Crippen LogP contribution in [0.3, 0.4) is 0 Å². The maximum Gasteiger partial charge on any atom is 0.345 e. The molecule has 0 aliphatic rings. The monoisotopic (exact) mass is 554 g/mol. The molecule has 0 fully saturated rings. The molecule has 0 saturated carbocycles. The van der Waals surface area contributed by atoms with Gasteiger partial charge in [0.25, 0.3) is 0 Å². The first-order valence-electron chi connectivity index (χ1n) is 11.9. The third kappa shape index (κ3) is 7.01. The molecule has 8 nitrogen and oxygen atoms in total. The summed E-state index contributed by atoms with van der Waals surface area (Å²) in [6, 6.07) is 17.4. The second-order valence-corrected chi connectivity index (χ2v) is 8.64. The summed E-state index contributed by atoms with van der Waals surface area (Å²) in [5, 5.41) is 5.43. The van der Waals surface area contributed by atoms with Crippen molar-refractivity contribution in [3.05, 3.63) is 107 Å². The number of rotatable bonds is 12. The summed E-state index contributed by atoms with van der Waals surface area (Å²) >= 11 is 5.92. The molecule has 0 saturated heterocycles. The number of carbonyl (C=O) groups is 3. The van der Waals surface area contributed by atoms with Crippen molar-refractivity contribution < 1.29 is 33.0 Å². The van der Waals surface area contributed by atoms with E-state index >= 15 is 0 Å². The lowest BCUT2D eigenvalue weighted by molar-refractivity contribution is -0.183. The van der Waals surface area contributed by atoms with Gasteiger partial charge in [0, 0.05) is 16.9 Å². The molecule has 2 unspecified atom stereocenters. The molecule has 204 valence electrons. The Hall–Kier alpha value is -4.21. The molecule has 10 heteroatoms. The average Bonchev–Trinajstić information content (AvgIpc) is 2.95. The molecule has 0 aliphatic heterocycles. The van der Waals surface area contributed by atoms with Gasteiger partial charge in [-0.1, -0.05) is 54.6 Å². The van der Waals surface area contributed by atoms with Crippen molar-refractivity contribution in [3.63, 3.8) is 0 Å². The number of esters is 2. The van der Waals surface area contributed by atoms with Crippen molar-refractivity contribution in [1.29, 1.82) is 0 Å². The van der Waals surface area contributed by atoms with Crippen LogP contribution in [-0.2, 0) is 40.8 Å². The highest BCUT2D eigenvalue weighted by Gasteiger charge is 2.54. The van der Waals surface area contributed by atoms with Gasteiger partial charge in [0.2, 0.25) is 11.5 Å². The Labute approximate surface area is 230 Å². The zero-order chi connectivity index (χ0) is 28.4. The summed E-state index contributed by atoms with van der Waals surface area (Å²) in [5.41, 5.74) is -0.705. The fourth-order valence-electron chi connectivity index (χ4n) is 3.84. The lowest BCUT2D eigenvalue weighted by atomic mass is 9.85. The summed E-state index contributed by atoms with van der Waals surface area (Å²) in [6.45, 7) is 4.88. The van der Waals surface area contributed by atoms with Crippen molar-refractivity contribution in [3.8, 4) is 0 Å². The summed E-state index contributed by atoms with van der Waals surface area (Å²) in [4.78, 5) is 38.7. The lowest BCUT2D eigenvalue weighted by Gasteiger charge is -2.38. The molecule has 0 bridgehead atoms. The maximum atomic E-state index is 14.7. The van der Waals surface area contributed by atoms with Crippen LogP contribution in [0.4, 0.5) is 15.8 Å². The molecule has 0 spiro atoms. The van der Waals surface area contributed by atoms with Crippen LogP contribution in [-0.4, -0.2) is 37.6 Å². The van der Waals surface area contributed by atoms with Gasteiger partial charge in [0.05, 0.1) is 25.3 Å². The molecule has 0 aromatic heterocycles. The minimum Gasteiger partial charge on any atom is -0.467 e. The van der Waals surface area contributed by atoms with Crippen molar-refractivity contribution >= 4 is 40.8 Å². The number of ether oxygens (including phenoxy) is 3. The van der Waals surface area contributed by atoms with E-state index in [9.17, 15) is 18.8 Å². The Balaban J connectivity index is 2.15. The van der Waals surface area contributed by atoms with Gasteiger partial charge in [0.15, 0.2) is 6.04 Å². The van der Waals surface area contributed by atoms with E-state index in [-0.39, 0.29) is 23.8 Å². The van der Waals surface area contributed by atoms with Crippen LogP contribution < -0.4 is 10.6 Å². The fourth-order valence-corrected chi connectivity index (χ4v) is 3.96. The molecular weight excluding hydrogens is 527 g/mol. The summed E-state index contributed by atoms with van der Waals surface area (Å²) in [7, 11) is 1.13. The van der Waals surface area contributed by atoms with Crippen LogP contribution in [0.1, 0.15) is 18.1 Å². The molecule has 0 radical (unpaired) electrons. The molecule has 3 aromatic carbocycles. The third-order valence-corrected chi connectivity index (χ3v) is 6.03. The number of hydrogen-bond acceptors (Lipinski definition) is 7. The highest BCUT2D eigenvalue weighted by molar-refractivity contribution is 6.30. The van der Waals surface area contributed by atoms with Crippen molar-refractivity contribution in [2.45, 2.75) is 25.2 Å². The smallest absolute Gasteiger partial charge is 0.345 e. The number of amides is 1. The van der Waals surface area contributed by atoms with E-state index in [0.29, 0.717) is 16.9 Å². The topological polar surface area (TPSA) is 103 Å². The number of carbonyl (C=O) groups excluding carboxylic acids is 3. The SMILES string of the molecule is C=CC(=O)Nc1ccc(NC(C(=O)OCC)C(OCc2ccccc2)(C(=O)OC)c2ccc(Cl)c(F)c2)cc1. The average molecular weight is 555 g/mol. The molecular formula is C29H28ClFN2O6. The van der Waals surface area contributed by atoms with Gasteiger partial charge < -0.3 is 24.8 Å². The van der Waals surface area contributed by atoms with Crippen molar-refractivity contribution in [2.24, 2.45) is 0 Å². The van der Waals surface area contributed by atoms with Crippen LogP contribution in [0.5, 0.6) is 0 Å². The fraction of sp³-hybridized carbons (Fsp3) is 0.207. The lowest BCUT2D eigenvalue weighted by Crippen LogP contribution is -2.57. The predicted octanol–water partition coefficient (Wildman–Crippen LogP) is 5.23. The van der Waals surface area contributed by atoms with E-state index in [4.69, 9.17) is 25.8 Å². The van der Waals surface area contributed by atoms with Crippen LogP contribution in [0.15, 0.2) is 85.5 Å². The second kappa shape index (κ2) is 13.5. The van der Waals surface area contributed by atoms with Crippen LogP contribution in [0.25, 0.3) is 0 Å². The molecule has 39 heavy (non-hydrogen) atoms. The molecule has 0 aliphatic carbocycles. The zero-order valence-electron chi connectivity index (χ0n) is 21.4. The first kappa shape index (κ1) is 29.3. The number of anilines is 2. The first-order valence-corrected chi connectivity index (χ1v) is 12.3. The van der Waals surface area contributed by atoms with E-state index in [2.05, 4.69) is 17.2 Å². The predicted molar refractivity (Wildman–Crippen MR) is 146 cm³/mol. The van der Waals surface area contributed by atoms with E-state index in [1.807, 2.05) is 6.07 Å². The number of nitrogens with one attached hydrogen (secondary N) is 2. The van der Waals surface area contributed by atoms with Crippen molar-refractivity contribution in [1.82, 2.24) is 0 Å². The van der Waals surface area contributed by atoms with Crippen molar-refractivity contribution in [2.75, 3.05) is 24.4 Å². The third-order valence-electron chi connectivity index (χ3n) is 5.72. The summed E-state index contributed by atoms with van der Waals surface area (Å²) in [6.07, 6.45) is 1.13. The Morgan fingerprint density at radius 2 is 1.72 bits per heavy atom. The summed E-state index contributed by atoms with van der Waals surface area (Å²) < 4.78 is 31.4. The van der Waals surface area contributed by atoms with Gasteiger partial charge in [-0.25, -0.2) is 14.0 Å². The molecule has 2 atom stereocenters. The van der Waals surface area contributed by atoms with Gasteiger partial charge in [-0.15, -0.1) is 0 Å². The minimum absolute atomic E-state index is 0.00550. The van der Waals surface area contributed by atoms with E-state index < -0.39 is 35.3 Å². The minimum atomic E-state index is -2.21. The number of hydrogen-bond donors (Lipinski definition) is 2. The van der Waals surface area contributed by atoms with E-state index in [0.717, 1.165) is 19.3 Å².